The Bertz CT molecular complexity index is 1310. The van der Waals surface area contributed by atoms with Crippen molar-refractivity contribution in [3.8, 4) is 5.75 Å². The zero-order valence-electron chi connectivity index (χ0n) is 17.6. The number of nitrogens with zero attached hydrogens (tertiary/aromatic N) is 3. The lowest BCUT2D eigenvalue weighted by Gasteiger charge is -2.23. The number of amides is 1. The Morgan fingerprint density at radius 1 is 1.00 bits per heavy atom. The third kappa shape index (κ3) is 3.74. The normalized spacial score (nSPS) is 13.6. The van der Waals surface area contributed by atoms with Crippen molar-refractivity contribution in [3.05, 3.63) is 61.1 Å². The van der Waals surface area contributed by atoms with E-state index in [9.17, 15) is 14.4 Å². The minimum atomic E-state index is -0.611. The lowest BCUT2D eigenvalue weighted by Crippen LogP contribution is -2.39. The Hall–Kier alpha value is -3.07. The largest absolute Gasteiger partial charge is 0.496 e. The van der Waals surface area contributed by atoms with Crippen LogP contribution in [0.3, 0.4) is 0 Å². The van der Waals surface area contributed by atoms with E-state index in [0.29, 0.717) is 32.5 Å². The number of anilines is 2. The third-order valence-corrected chi connectivity index (χ3v) is 6.34. The Labute approximate surface area is 187 Å². The summed E-state index contributed by atoms with van der Waals surface area (Å²) in [5.74, 6) is 0.355. The summed E-state index contributed by atoms with van der Waals surface area (Å²) in [6, 6.07) is 8.75. The highest BCUT2D eigenvalue weighted by Crippen LogP contribution is 2.33. The molecular formula is C22H23BrN4O4. The molecule has 1 aliphatic rings. The van der Waals surface area contributed by atoms with Crippen molar-refractivity contribution in [3.63, 3.8) is 0 Å². The van der Waals surface area contributed by atoms with E-state index in [0.717, 1.165) is 31.6 Å². The van der Waals surface area contributed by atoms with Gasteiger partial charge >= 0.3 is 11.1 Å². The number of carbonyl (C=O) groups is 1. The van der Waals surface area contributed by atoms with Crippen molar-refractivity contribution in [1.82, 2.24) is 9.13 Å². The van der Waals surface area contributed by atoms with Gasteiger partial charge in [-0.3, -0.25) is 14.4 Å². The fraction of sp³-hybridized carbons (Fsp3) is 0.318. The molecule has 3 aromatic rings. The molecule has 0 aliphatic carbocycles. The summed E-state index contributed by atoms with van der Waals surface area (Å²) >= 11 is 3.41. The minimum absolute atomic E-state index is 0.280. The molecule has 0 bridgehead atoms. The van der Waals surface area contributed by atoms with Crippen LogP contribution in [0, 0.1) is 0 Å². The molecule has 0 spiro atoms. The highest BCUT2D eigenvalue weighted by molar-refractivity contribution is 9.10. The molecule has 2 aromatic carbocycles. The molecule has 1 N–H and O–H groups in total. The van der Waals surface area contributed by atoms with Crippen LogP contribution in [0.25, 0.3) is 11.0 Å². The molecule has 1 saturated heterocycles. The first-order valence-electron chi connectivity index (χ1n) is 9.95. The fourth-order valence-corrected chi connectivity index (χ4v) is 4.47. The number of rotatable bonds is 4. The number of carbonyl (C=O) groups excluding carboxylic acids is 1. The van der Waals surface area contributed by atoms with Crippen LogP contribution in [0.4, 0.5) is 11.4 Å². The average molecular weight is 487 g/mol. The Morgan fingerprint density at radius 3 is 2.19 bits per heavy atom. The fourth-order valence-electron chi connectivity index (χ4n) is 3.93. The maximum atomic E-state index is 13.0. The van der Waals surface area contributed by atoms with E-state index in [1.165, 1.54) is 9.13 Å². The second kappa shape index (κ2) is 8.22. The standard InChI is InChI=1S/C22H23BrN4O4/c1-25-17-11-15(24-20(28)13-6-7-19(31-3)14(23)10-13)16(27-8-4-5-9-27)12-18(17)26(2)22(30)21(25)29/h6-7,10-12H,4-5,8-9H2,1-3H3,(H,24,28). The molecule has 2 heterocycles. The van der Waals surface area contributed by atoms with Crippen molar-refractivity contribution in [1.29, 1.82) is 0 Å². The van der Waals surface area contributed by atoms with Crippen LogP contribution in [-0.4, -0.2) is 35.2 Å². The first-order valence-corrected chi connectivity index (χ1v) is 10.7. The van der Waals surface area contributed by atoms with Crippen LogP contribution in [0.15, 0.2) is 44.4 Å². The summed E-state index contributed by atoms with van der Waals surface area (Å²) in [5, 5.41) is 3.00. The van der Waals surface area contributed by atoms with Gasteiger partial charge in [0.1, 0.15) is 5.75 Å². The highest BCUT2D eigenvalue weighted by Gasteiger charge is 2.21. The zero-order valence-corrected chi connectivity index (χ0v) is 19.2. The maximum Gasteiger partial charge on any atom is 0.316 e. The molecule has 4 rings (SSSR count). The molecule has 8 nitrogen and oxygen atoms in total. The number of halogens is 1. The van der Waals surface area contributed by atoms with Crippen molar-refractivity contribution in [2.45, 2.75) is 12.8 Å². The van der Waals surface area contributed by atoms with Gasteiger partial charge in [-0.1, -0.05) is 0 Å². The van der Waals surface area contributed by atoms with Crippen LogP contribution in [0.1, 0.15) is 23.2 Å². The predicted octanol–water partition coefficient (Wildman–Crippen LogP) is 2.86. The molecule has 0 saturated carbocycles. The SMILES string of the molecule is COc1ccc(C(=O)Nc2cc3c(cc2N2CCCC2)n(C)c(=O)c(=O)n3C)cc1Br. The molecule has 1 amide bonds. The van der Waals surface area contributed by atoms with Gasteiger partial charge < -0.3 is 24.1 Å². The van der Waals surface area contributed by atoms with Crippen molar-refractivity contribution in [2.75, 3.05) is 30.4 Å². The van der Waals surface area contributed by atoms with Crippen molar-refractivity contribution >= 4 is 44.2 Å². The molecule has 1 fully saturated rings. The van der Waals surface area contributed by atoms with Gasteiger partial charge in [0.25, 0.3) is 5.91 Å². The molecule has 1 aliphatic heterocycles. The van der Waals surface area contributed by atoms with Crippen LogP contribution in [-0.2, 0) is 14.1 Å². The Morgan fingerprint density at radius 2 is 1.61 bits per heavy atom. The molecular weight excluding hydrogens is 464 g/mol. The van der Waals surface area contributed by atoms with Gasteiger partial charge in [0.15, 0.2) is 0 Å². The Balaban J connectivity index is 1.84. The monoisotopic (exact) mass is 486 g/mol. The second-order valence-electron chi connectivity index (χ2n) is 7.58. The van der Waals surface area contributed by atoms with Crippen molar-refractivity contribution in [2.24, 2.45) is 14.1 Å². The number of hydrogen-bond acceptors (Lipinski definition) is 5. The summed E-state index contributed by atoms with van der Waals surface area (Å²) in [6.45, 7) is 1.73. The number of methoxy groups -OCH3 is 1. The van der Waals surface area contributed by atoms with Gasteiger partial charge in [-0.25, -0.2) is 0 Å². The molecule has 1 aromatic heterocycles. The van der Waals surface area contributed by atoms with Gasteiger partial charge in [0.05, 0.1) is 34.0 Å². The summed E-state index contributed by atoms with van der Waals surface area (Å²) in [6.07, 6.45) is 2.12. The first-order chi connectivity index (χ1) is 14.8. The molecule has 9 heteroatoms. The molecule has 0 unspecified atom stereocenters. The minimum Gasteiger partial charge on any atom is -0.496 e. The van der Waals surface area contributed by atoms with E-state index in [1.54, 1.807) is 45.5 Å². The molecule has 0 atom stereocenters. The van der Waals surface area contributed by atoms with Crippen LogP contribution in [0.2, 0.25) is 0 Å². The molecule has 31 heavy (non-hydrogen) atoms. The van der Waals surface area contributed by atoms with Gasteiger partial charge in [-0.05, 0) is 59.1 Å². The predicted molar refractivity (Wildman–Crippen MR) is 125 cm³/mol. The average Bonchev–Trinajstić information content (AvgIpc) is 3.30. The van der Waals surface area contributed by atoms with Crippen LogP contribution in [0.5, 0.6) is 5.75 Å². The highest BCUT2D eigenvalue weighted by atomic mass is 79.9. The lowest BCUT2D eigenvalue weighted by atomic mass is 10.1. The van der Waals surface area contributed by atoms with Crippen LogP contribution < -0.4 is 26.1 Å². The van der Waals surface area contributed by atoms with Gasteiger partial charge in [0, 0.05) is 32.7 Å². The van der Waals surface area contributed by atoms with E-state index in [1.807, 2.05) is 6.07 Å². The summed E-state index contributed by atoms with van der Waals surface area (Å²) < 4.78 is 8.60. The number of aromatic nitrogens is 2. The van der Waals surface area contributed by atoms with Crippen LogP contribution >= 0.6 is 15.9 Å². The lowest BCUT2D eigenvalue weighted by molar-refractivity contribution is 0.102. The van der Waals surface area contributed by atoms with E-state index in [2.05, 4.69) is 26.1 Å². The van der Waals surface area contributed by atoms with E-state index in [-0.39, 0.29) is 5.91 Å². The summed E-state index contributed by atoms with van der Waals surface area (Å²) in [7, 11) is 4.72. The Kier molecular flexibility index (Phi) is 5.62. The van der Waals surface area contributed by atoms with E-state index < -0.39 is 11.1 Å². The first kappa shape index (κ1) is 21.2. The number of aryl methyl sites for hydroxylation is 2. The zero-order chi connectivity index (χ0) is 22.3. The third-order valence-electron chi connectivity index (χ3n) is 5.72. The summed E-state index contributed by atoms with van der Waals surface area (Å²) in [4.78, 5) is 39.8. The van der Waals surface area contributed by atoms with Crippen molar-refractivity contribution < 1.29 is 9.53 Å². The molecule has 0 radical (unpaired) electrons. The smallest absolute Gasteiger partial charge is 0.316 e. The number of benzene rings is 2. The number of ether oxygens (including phenoxy) is 1. The number of fused-ring (bicyclic) bond motifs is 1. The van der Waals surface area contributed by atoms with Gasteiger partial charge in [-0.2, -0.15) is 0 Å². The quantitative estimate of drug-likeness (QED) is 0.573. The topological polar surface area (TPSA) is 85.6 Å². The van der Waals surface area contributed by atoms with E-state index >= 15 is 0 Å². The van der Waals surface area contributed by atoms with Gasteiger partial charge in [-0.15, -0.1) is 0 Å². The maximum absolute atomic E-state index is 13.0. The number of nitrogens with one attached hydrogen (secondary N) is 1. The van der Waals surface area contributed by atoms with Gasteiger partial charge in [0.2, 0.25) is 0 Å². The van der Waals surface area contributed by atoms with E-state index in [4.69, 9.17) is 4.74 Å². The second-order valence-corrected chi connectivity index (χ2v) is 8.44. The number of hydrogen-bond donors (Lipinski definition) is 1. The summed E-state index contributed by atoms with van der Waals surface area (Å²) in [5.41, 5.74) is 1.91. The molecule has 162 valence electrons.